The number of ether oxygens (including phenoxy) is 3. The molecule has 1 unspecified atom stereocenters. The molecule has 3 atom stereocenters. The Balaban J connectivity index is 0.974. The predicted molar refractivity (Wildman–Crippen MR) is 222 cm³/mol. The van der Waals surface area contributed by atoms with Crippen molar-refractivity contribution in [3.05, 3.63) is 171 Å². The fourth-order valence-corrected chi connectivity index (χ4v) is 7.49. The number of hydrogen-bond donors (Lipinski definition) is 2. The smallest absolute Gasteiger partial charge is 0.326 e. The van der Waals surface area contributed by atoms with Crippen LogP contribution in [-0.2, 0) is 35.6 Å². The second-order valence-corrected chi connectivity index (χ2v) is 15.1. The number of fused-ring (bicyclic) bond motifs is 2. The molecule has 1 aromatic heterocycles. The first-order valence-electron chi connectivity index (χ1n) is 18.9. The number of nitriles is 1. The first kappa shape index (κ1) is 39.9. The van der Waals surface area contributed by atoms with Crippen molar-refractivity contribution in [3.8, 4) is 34.4 Å². The van der Waals surface area contributed by atoms with E-state index >= 15 is 0 Å². The molecule has 2 aliphatic rings. The summed E-state index contributed by atoms with van der Waals surface area (Å²) in [5.41, 5.74) is 6.32. The molecular formula is C46H35Cl2N5O7. The summed E-state index contributed by atoms with van der Waals surface area (Å²) in [6, 6.07) is 30.7. The summed E-state index contributed by atoms with van der Waals surface area (Å²) in [6.07, 6.45) is 3.82. The second-order valence-electron chi connectivity index (χ2n) is 14.3. The third-order valence-electron chi connectivity index (χ3n) is 10.4. The zero-order valence-electron chi connectivity index (χ0n) is 31.8. The predicted octanol–water partition coefficient (Wildman–Crippen LogP) is 7.79. The number of hydrogen-bond acceptors (Lipinski definition) is 9. The van der Waals surface area contributed by atoms with E-state index in [0.717, 1.165) is 33.4 Å². The SMILES string of the molecule is N#Cc1ccc(-c2ccc(CC(NC(=O)[C@@H]3Cc4cc5c(cc4CN3C(=O)c3cnccn3)O[C@@H](c3ccc(OCc4ccc(Cl)c(Cl)c4)cc3)CO5)C(=O)O)cc2)cc1. The van der Waals surface area contributed by atoms with Crippen LogP contribution in [0.15, 0.2) is 122 Å². The van der Waals surface area contributed by atoms with Gasteiger partial charge in [-0.3, -0.25) is 14.6 Å². The minimum atomic E-state index is -1.28. The molecule has 12 nitrogen and oxygen atoms in total. The molecule has 60 heavy (non-hydrogen) atoms. The van der Waals surface area contributed by atoms with E-state index in [4.69, 9.17) is 42.7 Å². The Bertz CT molecular complexity index is 2600. The van der Waals surface area contributed by atoms with Gasteiger partial charge in [-0.25, -0.2) is 9.78 Å². The molecular weight excluding hydrogens is 805 g/mol. The van der Waals surface area contributed by atoms with Gasteiger partial charge in [0.25, 0.3) is 5.91 Å². The van der Waals surface area contributed by atoms with Gasteiger partial charge in [0.05, 0.1) is 27.9 Å². The number of aliphatic carboxylic acids is 1. The number of carboxylic acid groups (broad SMARTS) is 1. The Kier molecular flexibility index (Phi) is 11.6. The van der Waals surface area contributed by atoms with Gasteiger partial charge in [-0.1, -0.05) is 77.8 Å². The van der Waals surface area contributed by atoms with Crippen LogP contribution in [0.4, 0.5) is 0 Å². The molecule has 3 heterocycles. The highest BCUT2D eigenvalue weighted by Gasteiger charge is 2.38. The molecule has 0 aliphatic carbocycles. The Morgan fingerprint density at radius 1 is 0.883 bits per heavy atom. The van der Waals surface area contributed by atoms with E-state index in [9.17, 15) is 19.5 Å². The van der Waals surface area contributed by atoms with Crippen LogP contribution in [0.1, 0.15) is 50.0 Å². The molecule has 300 valence electrons. The Morgan fingerprint density at radius 2 is 1.60 bits per heavy atom. The van der Waals surface area contributed by atoms with Gasteiger partial charge >= 0.3 is 5.97 Å². The lowest BCUT2D eigenvalue weighted by molar-refractivity contribution is -0.142. The van der Waals surface area contributed by atoms with E-state index in [-0.39, 0.29) is 31.7 Å². The first-order valence-corrected chi connectivity index (χ1v) is 19.7. The lowest BCUT2D eigenvalue weighted by Gasteiger charge is -2.37. The molecule has 5 aromatic carbocycles. The lowest BCUT2D eigenvalue weighted by atomic mass is 9.91. The van der Waals surface area contributed by atoms with Crippen LogP contribution in [-0.4, -0.2) is 56.4 Å². The Morgan fingerprint density at radius 3 is 2.28 bits per heavy atom. The largest absolute Gasteiger partial charge is 0.489 e. The van der Waals surface area contributed by atoms with E-state index in [1.165, 1.54) is 23.5 Å². The summed E-state index contributed by atoms with van der Waals surface area (Å²) < 4.78 is 18.6. The van der Waals surface area contributed by atoms with Gasteiger partial charge in [-0.05, 0) is 87.5 Å². The van der Waals surface area contributed by atoms with Gasteiger partial charge < -0.3 is 29.5 Å². The van der Waals surface area contributed by atoms with Crippen molar-refractivity contribution in [2.75, 3.05) is 6.61 Å². The molecule has 0 bridgehead atoms. The zero-order valence-corrected chi connectivity index (χ0v) is 33.3. The summed E-state index contributed by atoms with van der Waals surface area (Å²) >= 11 is 12.2. The number of amides is 2. The third kappa shape index (κ3) is 8.88. The van der Waals surface area contributed by atoms with Crippen molar-refractivity contribution in [2.24, 2.45) is 0 Å². The van der Waals surface area contributed by atoms with Crippen molar-refractivity contribution >= 4 is 41.0 Å². The number of carbonyl (C=O) groups is 3. The van der Waals surface area contributed by atoms with Crippen LogP contribution in [0.5, 0.6) is 17.2 Å². The zero-order chi connectivity index (χ0) is 41.8. The molecule has 0 saturated heterocycles. The number of benzene rings is 5. The summed E-state index contributed by atoms with van der Waals surface area (Å²) in [5, 5.41) is 23.0. The molecule has 8 rings (SSSR count). The van der Waals surface area contributed by atoms with Gasteiger partial charge in [-0.2, -0.15) is 5.26 Å². The minimum absolute atomic E-state index is 0.00444. The fraction of sp³-hybridized carbons (Fsp3) is 0.174. The molecule has 2 N–H and O–H groups in total. The van der Waals surface area contributed by atoms with Crippen molar-refractivity contribution in [3.63, 3.8) is 0 Å². The monoisotopic (exact) mass is 839 g/mol. The summed E-state index contributed by atoms with van der Waals surface area (Å²) in [7, 11) is 0. The lowest BCUT2D eigenvalue weighted by Crippen LogP contribution is -2.56. The number of rotatable bonds is 11. The van der Waals surface area contributed by atoms with Crippen LogP contribution >= 0.6 is 23.2 Å². The van der Waals surface area contributed by atoms with Crippen LogP contribution in [0.25, 0.3) is 11.1 Å². The Labute approximate surface area is 354 Å². The van der Waals surface area contributed by atoms with Crippen LogP contribution in [0.3, 0.4) is 0 Å². The highest BCUT2D eigenvalue weighted by molar-refractivity contribution is 6.42. The summed E-state index contributed by atoms with van der Waals surface area (Å²) in [4.78, 5) is 50.2. The number of halogens is 2. The van der Waals surface area contributed by atoms with Crippen molar-refractivity contribution in [2.45, 2.75) is 44.2 Å². The maximum Gasteiger partial charge on any atom is 0.326 e. The van der Waals surface area contributed by atoms with Gasteiger partial charge in [0.15, 0.2) is 17.6 Å². The molecule has 2 amide bonds. The molecule has 0 spiro atoms. The molecule has 0 saturated carbocycles. The maximum absolute atomic E-state index is 14.1. The average molecular weight is 841 g/mol. The van der Waals surface area contributed by atoms with E-state index < -0.39 is 36.0 Å². The highest BCUT2D eigenvalue weighted by atomic mass is 35.5. The maximum atomic E-state index is 14.1. The van der Waals surface area contributed by atoms with Gasteiger partial charge in [-0.15, -0.1) is 0 Å². The number of carboxylic acids is 1. The summed E-state index contributed by atoms with van der Waals surface area (Å²) in [6.45, 7) is 0.558. The van der Waals surface area contributed by atoms with E-state index in [1.54, 1.807) is 36.4 Å². The number of nitrogens with one attached hydrogen (secondary N) is 1. The summed E-state index contributed by atoms with van der Waals surface area (Å²) in [5.74, 6) is -0.746. The first-order chi connectivity index (χ1) is 29.1. The number of aromatic nitrogens is 2. The average Bonchev–Trinajstić information content (AvgIpc) is 3.28. The molecule has 2 aliphatic heterocycles. The van der Waals surface area contributed by atoms with Gasteiger partial charge in [0.2, 0.25) is 5.91 Å². The van der Waals surface area contributed by atoms with Crippen molar-refractivity contribution in [1.82, 2.24) is 20.2 Å². The van der Waals surface area contributed by atoms with Crippen LogP contribution in [0, 0.1) is 11.3 Å². The van der Waals surface area contributed by atoms with Crippen LogP contribution < -0.4 is 19.5 Å². The van der Waals surface area contributed by atoms with Gasteiger partial charge in [0, 0.05) is 31.8 Å². The number of carbonyl (C=O) groups excluding carboxylic acids is 2. The van der Waals surface area contributed by atoms with Crippen molar-refractivity contribution < 1.29 is 33.7 Å². The molecule has 14 heteroatoms. The van der Waals surface area contributed by atoms with E-state index in [0.29, 0.717) is 45.0 Å². The standard InChI is InChI=1S/C46H35Cl2N5O7/c47-36-14-5-29(17-37(36)48)25-58-35-12-10-32(11-13-35)43-26-59-41-20-33-19-40(53(24-34(33)21-42(41)60-43)45(55)39-23-50-15-16-51-39)44(54)52-38(46(56)57)18-27-1-6-30(7-2-27)31-8-3-28(22-49)4-9-31/h1-17,20-21,23,38,40,43H,18-19,24-26H2,(H,52,54)(H,56,57)/t38?,40-,43+/m0/s1. The van der Waals surface area contributed by atoms with Crippen molar-refractivity contribution in [1.29, 1.82) is 5.26 Å². The minimum Gasteiger partial charge on any atom is -0.489 e. The van der Waals surface area contributed by atoms with Crippen LogP contribution in [0.2, 0.25) is 10.0 Å². The third-order valence-corrected chi connectivity index (χ3v) is 11.1. The quantitative estimate of drug-likeness (QED) is 0.132. The highest BCUT2D eigenvalue weighted by Crippen LogP contribution is 2.41. The van der Waals surface area contributed by atoms with Gasteiger partial charge in [0.1, 0.15) is 36.7 Å². The molecule has 6 aromatic rings. The fourth-order valence-electron chi connectivity index (χ4n) is 7.17. The Hall–Kier alpha value is -6.94. The van der Waals surface area contributed by atoms with E-state index in [2.05, 4.69) is 21.4 Å². The topological polar surface area (TPSA) is 164 Å². The number of nitrogens with zero attached hydrogens (tertiary/aromatic N) is 4. The second kappa shape index (κ2) is 17.5. The van der Waals surface area contributed by atoms with E-state index in [1.807, 2.05) is 66.7 Å². The molecule has 0 radical (unpaired) electrons. The normalized spacial score (nSPS) is 15.8. The molecule has 0 fully saturated rings.